The molecule has 1 aliphatic rings. The average molecular weight is 422 g/mol. The Morgan fingerprint density at radius 3 is 2.64 bits per heavy atom. The molecule has 2 aromatic rings. The van der Waals surface area contributed by atoms with Crippen LogP contribution in [0.25, 0.3) is 5.76 Å². The molecule has 3 rings (SSSR count). The maximum atomic E-state index is 12.6. The van der Waals surface area contributed by atoms with Gasteiger partial charge < -0.3 is 15.7 Å². The minimum Gasteiger partial charge on any atom is -0.504 e. The molecule has 0 atom stereocenters. The number of fused-ring (bicyclic) bond motifs is 1. The standard InChI is InChI=1S/C17H18N4O5S2/c1-3-7-18-16(23)10-4-5-12(19-9-10)20-17(24)13-14(22)15-11(6-8-27-15)28(25,26)21(13)2/h4-6,8-9,22H,3,7H2,1-2H3,(H,18,23)(H,19,20,24). The van der Waals surface area contributed by atoms with Crippen molar-refractivity contribution in [3.63, 3.8) is 0 Å². The largest absolute Gasteiger partial charge is 0.504 e. The lowest BCUT2D eigenvalue weighted by Crippen LogP contribution is -2.36. The Morgan fingerprint density at radius 2 is 2.00 bits per heavy atom. The first-order chi connectivity index (χ1) is 13.3. The molecule has 0 aliphatic carbocycles. The van der Waals surface area contributed by atoms with Gasteiger partial charge in [-0.05, 0) is 30.0 Å². The van der Waals surface area contributed by atoms with Gasteiger partial charge in [0.05, 0.1) is 10.4 Å². The van der Waals surface area contributed by atoms with Gasteiger partial charge >= 0.3 is 0 Å². The molecular weight excluding hydrogens is 404 g/mol. The summed E-state index contributed by atoms with van der Waals surface area (Å²) in [6.07, 6.45) is 2.10. The molecule has 3 heterocycles. The van der Waals surface area contributed by atoms with Crippen LogP contribution in [-0.2, 0) is 14.8 Å². The van der Waals surface area contributed by atoms with Crippen LogP contribution in [0.3, 0.4) is 0 Å². The summed E-state index contributed by atoms with van der Waals surface area (Å²) >= 11 is 1.02. The molecule has 0 saturated carbocycles. The van der Waals surface area contributed by atoms with Crippen molar-refractivity contribution < 1.29 is 23.1 Å². The van der Waals surface area contributed by atoms with E-state index < -0.39 is 27.4 Å². The van der Waals surface area contributed by atoms with Crippen molar-refractivity contribution >= 4 is 44.8 Å². The van der Waals surface area contributed by atoms with Crippen LogP contribution >= 0.6 is 11.3 Å². The summed E-state index contributed by atoms with van der Waals surface area (Å²) in [6.45, 7) is 2.47. The van der Waals surface area contributed by atoms with Crippen molar-refractivity contribution in [2.45, 2.75) is 18.2 Å². The minimum absolute atomic E-state index is 0.0466. The number of carbonyl (C=O) groups is 2. The molecule has 0 aromatic carbocycles. The molecule has 0 bridgehead atoms. The van der Waals surface area contributed by atoms with E-state index in [1.165, 1.54) is 36.8 Å². The van der Waals surface area contributed by atoms with Crippen LogP contribution in [0.2, 0.25) is 0 Å². The molecule has 11 heteroatoms. The van der Waals surface area contributed by atoms with Gasteiger partial charge in [0.2, 0.25) is 0 Å². The Labute approximate surface area is 165 Å². The molecule has 9 nitrogen and oxygen atoms in total. The minimum atomic E-state index is -3.93. The van der Waals surface area contributed by atoms with Crippen molar-refractivity contribution in [3.8, 4) is 0 Å². The highest BCUT2D eigenvalue weighted by molar-refractivity contribution is 7.89. The summed E-state index contributed by atoms with van der Waals surface area (Å²) in [4.78, 5) is 28.6. The molecule has 148 valence electrons. The van der Waals surface area contributed by atoms with E-state index in [1.54, 1.807) is 0 Å². The van der Waals surface area contributed by atoms with Crippen LogP contribution in [0.15, 0.2) is 40.4 Å². The van der Waals surface area contributed by atoms with Crippen molar-refractivity contribution in [3.05, 3.63) is 45.9 Å². The summed E-state index contributed by atoms with van der Waals surface area (Å²) < 4.78 is 25.8. The number of sulfonamides is 1. The topological polar surface area (TPSA) is 129 Å². The monoisotopic (exact) mass is 422 g/mol. The van der Waals surface area contributed by atoms with Gasteiger partial charge in [-0.15, -0.1) is 11.3 Å². The molecule has 2 aromatic heterocycles. The lowest BCUT2D eigenvalue weighted by Gasteiger charge is -2.26. The number of nitrogens with zero attached hydrogens (tertiary/aromatic N) is 2. The fraction of sp³-hybridized carbons (Fsp3) is 0.235. The lowest BCUT2D eigenvalue weighted by atomic mass is 10.2. The SMILES string of the molecule is CCCNC(=O)c1ccc(NC(=O)C2=C(O)c3sccc3S(=O)(=O)N2C)nc1. The van der Waals surface area contributed by atoms with E-state index in [4.69, 9.17) is 0 Å². The fourth-order valence-electron chi connectivity index (χ4n) is 2.57. The second-order valence-corrected chi connectivity index (χ2v) is 8.78. The van der Waals surface area contributed by atoms with Gasteiger partial charge in [0, 0.05) is 19.8 Å². The number of carbonyl (C=O) groups excluding carboxylic acids is 2. The number of hydrogen-bond acceptors (Lipinski definition) is 7. The third-order valence-corrected chi connectivity index (χ3v) is 6.89. The van der Waals surface area contributed by atoms with E-state index >= 15 is 0 Å². The first-order valence-electron chi connectivity index (χ1n) is 8.33. The highest BCUT2D eigenvalue weighted by atomic mass is 32.2. The van der Waals surface area contributed by atoms with Gasteiger partial charge in [0.1, 0.15) is 10.7 Å². The summed E-state index contributed by atoms with van der Waals surface area (Å²) in [5.74, 6) is -1.43. The Hall–Kier alpha value is -2.92. The van der Waals surface area contributed by atoms with Crippen LogP contribution in [0, 0.1) is 0 Å². The summed E-state index contributed by atoms with van der Waals surface area (Å²) in [5.41, 5.74) is -0.0735. The maximum Gasteiger partial charge on any atom is 0.278 e. The van der Waals surface area contributed by atoms with Gasteiger partial charge in [0.25, 0.3) is 21.8 Å². The van der Waals surface area contributed by atoms with Crippen LogP contribution in [-0.4, -0.2) is 48.2 Å². The number of thiophene rings is 1. The quantitative estimate of drug-likeness (QED) is 0.674. The lowest BCUT2D eigenvalue weighted by molar-refractivity contribution is -0.113. The van der Waals surface area contributed by atoms with E-state index in [-0.39, 0.29) is 21.5 Å². The molecule has 0 spiro atoms. The number of anilines is 1. The van der Waals surface area contributed by atoms with Gasteiger partial charge in [-0.3, -0.25) is 13.9 Å². The number of pyridine rings is 1. The molecule has 0 unspecified atom stereocenters. The van der Waals surface area contributed by atoms with Crippen LogP contribution in [0.4, 0.5) is 5.82 Å². The number of hydrogen-bond donors (Lipinski definition) is 3. The normalized spacial score (nSPS) is 15.1. The van der Waals surface area contributed by atoms with E-state index in [0.717, 1.165) is 22.1 Å². The van der Waals surface area contributed by atoms with Crippen LogP contribution in [0.1, 0.15) is 28.6 Å². The van der Waals surface area contributed by atoms with Gasteiger partial charge in [-0.1, -0.05) is 6.92 Å². The number of rotatable bonds is 5. The first kappa shape index (κ1) is 19.8. The molecule has 0 saturated heterocycles. The molecule has 0 fully saturated rings. The highest BCUT2D eigenvalue weighted by Gasteiger charge is 2.38. The molecule has 0 radical (unpaired) electrons. The number of aromatic nitrogens is 1. The van der Waals surface area contributed by atoms with E-state index in [9.17, 15) is 23.1 Å². The van der Waals surface area contributed by atoms with Crippen molar-refractivity contribution in [1.29, 1.82) is 0 Å². The van der Waals surface area contributed by atoms with Crippen molar-refractivity contribution in [2.24, 2.45) is 0 Å². The van der Waals surface area contributed by atoms with Crippen LogP contribution < -0.4 is 10.6 Å². The third kappa shape index (κ3) is 3.45. The number of aliphatic hydroxyl groups excluding tert-OH is 1. The molecule has 1 aliphatic heterocycles. The smallest absolute Gasteiger partial charge is 0.278 e. The number of nitrogens with one attached hydrogen (secondary N) is 2. The zero-order valence-corrected chi connectivity index (χ0v) is 16.7. The number of likely N-dealkylation sites (N-methyl/N-ethyl adjacent to an activating group) is 1. The second-order valence-electron chi connectivity index (χ2n) is 5.93. The summed E-state index contributed by atoms with van der Waals surface area (Å²) in [7, 11) is -2.74. The molecule has 28 heavy (non-hydrogen) atoms. The Morgan fingerprint density at radius 1 is 1.25 bits per heavy atom. The Balaban J connectivity index is 1.83. The molecular formula is C17H18N4O5S2. The van der Waals surface area contributed by atoms with Gasteiger partial charge in [-0.2, -0.15) is 0 Å². The molecule has 3 N–H and O–H groups in total. The van der Waals surface area contributed by atoms with E-state index in [1.807, 2.05) is 6.92 Å². The number of aliphatic hydroxyl groups is 1. The fourth-order valence-corrected chi connectivity index (χ4v) is 5.12. The number of amides is 2. The predicted octanol–water partition coefficient (Wildman–Crippen LogP) is 1.78. The van der Waals surface area contributed by atoms with Gasteiger partial charge in [0.15, 0.2) is 11.5 Å². The summed E-state index contributed by atoms with van der Waals surface area (Å²) in [6, 6.07) is 4.28. The zero-order valence-electron chi connectivity index (χ0n) is 15.1. The Bertz CT molecular complexity index is 1060. The van der Waals surface area contributed by atoms with E-state index in [2.05, 4.69) is 15.6 Å². The van der Waals surface area contributed by atoms with Gasteiger partial charge in [-0.25, -0.2) is 13.4 Å². The Kier molecular flexibility index (Phi) is 5.38. The third-order valence-electron chi connectivity index (χ3n) is 4.04. The predicted molar refractivity (Wildman–Crippen MR) is 104 cm³/mol. The zero-order chi connectivity index (χ0) is 20.5. The van der Waals surface area contributed by atoms with E-state index in [0.29, 0.717) is 12.1 Å². The van der Waals surface area contributed by atoms with Crippen molar-refractivity contribution in [1.82, 2.24) is 14.6 Å². The first-order valence-corrected chi connectivity index (χ1v) is 10.6. The second kappa shape index (κ2) is 7.60. The molecule has 2 amide bonds. The van der Waals surface area contributed by atoms with Crippen molar-refractivity contribution in [2.75, 3.05) is 18.9 Å². The summed E-state index contributed by atoms with van der Waals surface area (Å²) in [5, 5.41) is 17.1. The maximum absolute atomic E-state index is 12.6. The van der Waals surface area contributed by atoms with Crippen LogP contribution in [0.5, 0.6) is 0 Å². The highest BCUT2D eigenvalue weighted by Crippen LogP contribution is 2.38. The average Bonchev–Trinajstić information content (AvgIpc) is 3.17.